The molecule has 2 saturated heterocycles. The normalized spacial score (nSPS) is 24.7. The van der Waals surface area contributed by atoms with Gasteiger partial charge < -0.3 is 24.6 Å². The lowest BCUT2D eigenvalue weighted by molar-refractivity contribution is -0.00714. The highest BCUT2D eigenvalue weighted by molar-refractivity contribution is 5.99. The van der Waals surface area contributed by atoms with Crippen molar-refractivity contribution < 1.29 is 14.6 Å². The third-order valence-electron chi connectivity index (χ3n) is 7.66. The number of carbonyl (C=O) groups is 1. The van der Waals surface area contributed by atoms with E-state index in [9.17, 15) is 14.7 Å². The first-order valence-electron chi connectivity index (χ1n) is 12.1. The molecule has 34 heavy (non-hydrogen) atoms. The van der Waals surface area contributed by atoms with Crippen LogP contribution in [0.1, 0.15) is 34.3 Å². The molecule has 3 aliphatic heterocycles. The molecule has 0 radical (unpaired) electrons. The predicted molar refractivity (Wildman–Crippen MR) is 129 cm³/mol. The first-order chi connectivity index (χ1) is 16.6. The molecule has 7 nitrogen and oxygen atoms in total. The highest BCUT2D eigenvalue weighted by Crippen LogP contribution is 2.30. The van der Waals surface area contributed by atoms with Crippen molar-refractivity contribution in [3.05, 3.63) is 81.8 Å². The van der Waals surface area contributed by atoms with Crippen molar-refractivity contribution in [1.29, 1.82) is 0 Å². The van der Waals surface area contributed by atoms with E-state index < -0.39 is 6.10 Å². The molecule has 3 aromatic rings. The zero-order chi connectivity index (χ0) is 23.2. The maximum absolute atomic E-state index is 13.2. The van der Waals surface area contributed by atoms with Crippen LogP contribution in [-0.4, -0.2) is 57.9 Å². The number of nitrogens with zero attached hydrogens (tertiary/aromatic N) is 2. The Bertz CT molecular complexity index is 1290. The fourth-order valence-electron chi connectivity index (χ4n) is 5.75. The molecule has 176 valence electrons. The number of amides is 1. The van der Waals surface area contributed by atoms with Crippen molar-refractivity contribution in [3.63, 3.8) is 0 Å². The van der Waals surface area contributed by atoms with E-state index in [1.807, 2.05) is 29.2 Å². The van der Waals surface area contributed by atoms with Gasteiger partial charge in [-0.1, -0.05) is 24.3 Å². The van der Waals surface area contributed by atoms with Gasteiger partial charge >= 0.3 is 0 Å². The smallest absolute Gasteiger partial charge is 0.258 e. The molecule has 4 unspecified atom stereocenters. The number of hydrogen-bond donors (Lipinski definition) is 2. The third kappa shape index (κ3) is 3.74. The summed E-state index contributed by atoms with van der Waals surface area (Å²) in [6, 6.07) is 15.6. The van der Waals surface area contributed by atoms with Gasteiger partial charge in [0.2, 0.25) is 0 Å². The van der Waals surface area contributed by atoms with E-state index in [0.717, 1.165) is 24.6 Å². The fourth-order valence-corrected chi connectivity index (χ4v) is 5.75. The van der Waals surface area contributed by atoms with Gasteiger partial charge in [0.25, 0.3) is 11.5 Å². The monoisotopic (exact) mass is 459 g/mol. The fraction of sp³-hybridized carbons (Fsp3) is 0.407. The molecule has 0 saturated carbocycles. The molecule has 1 amide bonds. The summed E-state index contributed by atoms with van der Waals surface area (Å²) >= 11 is 0. The molecule has 0 spiro atoms. The molecular formula is C27H29N3O4. The summed E-state index contributed by atoms with van der Waals surface area (Å²) in [5.41, 5.74) is 2.94. The number of benzene rings is 2. The van der Waals surface area contributed by atoms with Gasteiger partial charge in [-0.3, -0.25) is 9.59 Å². The Morgan fingerprint density at radius 2 is 1.85 bits per heavy atom. The first kappa shape index (κ1) is 21.5. The van der Waals surface area contributed by atoms with Gasteiger partial charge in [-0.2, -0.15) is 0 Å². The minimum atomic E-state index is -0.693. The van der Waals surface area contributed by atoms with E-state index >= 15 is 0 Å². The van der Waals surface area contributed by atoms with Crippen LogP contribution in [0.3, 0.4) is 0 Å². The maximum Gasteiger partial charge on any atom is 0.258 e. The summed E-state index contributed by atoms with van der Waals surface area (Å²) in [5.74, 6) is 0.0148. The van der Waals surface area contributed by atoms with Crippen molar-refractivity contribution in [2.75, 3.05) is 13.2 Å². The highest BCUT2D eigenvalue weighted by atomic mass is 16.5. The van der Waals surface area contributed by atoms with Gasteiger partial charge in [0.1, 0.15) is 0 Å². The van der Waals surface area contributed by atoms with Crippen molar-refractivity contribution in [2.45, 2.75) is 56.6 Å². The van der Waals surface area contributed by atoms with Crippen LogP contribution in [0.4, 0.5) is 0 Å². The quantitative estimate of drug-likeness (QED) is 0.624. The molecule has 0 aliphatic carbocycles. The molecule has 2 aromatic carbocycles. The van der Waals surface area contributed by atoms with Crippen LogP contribution in [0.2, 0.25) is 0 Å². The number of aliphatic hydroxyl groups excluding tert-OH is 1. The number of aliphatic hydroxyl groups is 1. The second kappa shape index (κ2) is 8.65. The third-order valence-corrected chi connectivity index (χ3v) is 7.66. The number of morpholine rings is 1. The van der Waals surface area contributed by atoms with Crippen LogP contribution in [0, 0.1) is 0 Å². The largest absolute Gasteiger partial charge is 0.390 e. The number of hydrogen-bond acceptors (Lipinski definition) is 5. The summed E-state index contributed by atoms with van der Waals surface area (Å²) in [6.45, 7) is 2.13. The van der Waals surface area contributed by atoms with E-state index in [-0.39, 0.29) is 36.1 Å². The highest BCUT2D eigenvalue weighted by Gasteiger charge is 2.40. The second-order valence-corrected chi connectivity index (χ2v) is 9.74. The molecule has 4 heterocycles. The minimum absolute atomic E-state index is 0.0148. The number of aromatic nitrogens is 1. The van der Waals surface area contributed by atoms with E-state index in [1.165, 1.54) is 11.1 Å². The zero-order valence-electron chi connectivity index (χ0n) is 19.0. The zero-order valence-corrected chi connectivity index (χ0v) is 19.0. The second-order valence-electron chi connectivity index (χ2n) is 9.74. The lowest BCUT2D eigenvalue weighted by Gasteiger charge is -2.34. The molecule has 2 fully saturated rings. The number of ether oxygens (including phenoxy) is 1. The minimum Gasteiger partial charge on any atom is -0.390 e. The Labute approximate surface area is 198 Å². The topological polar surface area (TPSA) is 83.8 Å². The number of nitrogens with one attached hydrogen (secondary N) is 1. The van der Waals surface area contributed by atoms with Gasteiger partial charge in [-0.15, -0.1) is 0 Å². The SMILES string of the molecule is O=C(c1ccc2c(=O)n(CC(O)C3Cc4ccccc4CN3)ccc2c1)N1C2CCC1COC2. The van der Waals surface area contributed by atoms with Gasteiger partial charge in [0.15, 0.2) is 0 Å². The molecule has 7 heteroatoms. The maximum atomic E-state index is 13.2. The van der Waals surface area contributed by atoms with E-state index in [4.69, 9.17) is 4.74 Å². The Hall–Kier alpha value is -3.00. The van der Waals surface area contributed by atoms with Crippen LogP contribution >= 0.6 is 0 Å². The number of fused-ring (bicyclic) bond motifs is 4. The lowest BCUT2D eigenvalue weighted by Crippen LogP contribution is -2.49. The predicted octanol–water partition coefficient (Wildman–Crippen LogP) is 2.08. The Balaban J connectivity index is 1.21. The molecule has 4 atom stereocenters. The Morgan fingerprint density at radius 3 is 2.65 bits per heavy atom. The molecular weight excluding hydrogens is 430 g/mol. The average molecular weight is 460 g/mol. The summed E-state index contributed by atoms with van der Waals surface area (Å²) in [5, 5.41) is 15.6. The van der Waals surface area contributed by atoms with Crippen LogP contribution in [0.15, 0.2) is 59.5 Å². The number of pyridine rings is 1. The molecule has 6 rings (SSSR count). The van der Waals surface area contributed by atoms with Crippen LogP contribution < -0.4 is 10.9 Å². The van der Waals surface area contributed by atoms with Crippen molar-refractivity contribution in [3.8, 4) is 0 Å². The van der Waals surface area contributed by atoms with E-state index in [1.54, 1.807) is 22.9 Å². The molecule has 2 bridgehead atoms. The molecule has 2 N–H and O–H groups in total. The van der Waals surface area contributed by atoms with Crippen molar-refractivity contribution in [1.82, 2.24) is 14.8 Å². The van der Waals surface area contributed by atoms with Crippen LogP contribution in [0.25, 0.3) is 10.8 Å². The van der Waals surface area contributed by atoms with Gasteiger partial charge in [0.05, 0.1) is 37.9 Å². The Kier molecular flexibility index (Phi) is 5.48. The van der Waals surface area contributed by atoms with Gasteiger partial charge in [-0.25, -0.2) is 0 Å². The molecule has 1 aromatic heterocycles. The summed E-state index contributed by atoms with van der Waals surface area (Å²) in [7, 11) is 0. The summed E-state index contributed by atoms with van der Waals surface area (Å²) in [6.07, 6.45) is 3.73. The lowest BCUT2D eigenvalue weighted by atomic mass is 9.93. The number of carbonyl (C=O) groups excluding carboxylic acids is 1. The van der Waals surface area contributed by atoms with Crippen LogP contribution in [-0.2, 0) is 24.2 Å². The summed E-state index contributed by atoms with van der Waals surface area (Å²) < 4.78 is 7.17. The van der Waals surface area contributed by atoms with E-state index in [2.05, 4.69) is 17.4 Å². The van der Waals surface area contributed by atoms with Crippen molar-refractivity contribution >= 4 is 16.7 Å². The van der Waals surface area contributed by atoms with Crippen molar-refractivity contribution in [2.24, 2.45) is 0 Å². The van der Waals surface area contributed by atoms with Gasteiger partial charge in [0, 0.05) is 29.7 Å². The van der Waals surface area contributed by atoms with Gasteiger partial charge in [-0.05, 0) is 60.0 Å². The number of rotatable bonds is 4. The van der Waals surface area contributed by atoms with E-state index in [0.29, 0.717) is 30.7 Å². The summed E-state index contributed by atoms with van der Waals surface area (Å²) in [4.78, 5) is 28.3. The first-order valence-corrected chi connectivity index (χ1v) is 12.1. The standard InChI is InChI=1S/C27H29N3O4/c31-25(24-12-17-3-1-2-4-20(17)13-28-24)14-29-10-9-18-11-19(5-8-23(18)27(29)33)26(32)30-21-6-7-22(30)16-34-15-21/h1-5,8-11,21-22,24-25,28,31H,6-7,12-16H2. The van der Waals surface area contributed by atoms with Crippen LogP contribution in [0.5, 0.6) is 0 Å². The average Bonchev–Trinajstić information content (AvgIpc) is 3.12. The molecule has 3 aliphatic rings. The Morgan fingerprint density at radius 1 is 1.09 bits per heavy atom.